The van der Waals surface area contributed by atoms with E-state index in [2.05, 4.69) is 160 Å². The first-order valence-electron chi connectivity index (χ1n) is 35.1. The number of nitrogens with one attached hydrogen (secondary N) is 1. The molecule has 3 atom stereocenters. The minimum Gasteiger partial charge on any atom is -0.756 e. The first-order chi connectivity index (χ1) is 42.4. The Hall–Kier alpha value is -4.11. The van der Waals surface area contributed by atoms with Crippen molar-refractivity contribution in [2.45, 2.75) is 290 Å². The van der Waals surface area contributed by atoms with Crippen molar-refractivity contribution in [2.24, 2.45) is 0 Å². The number of likely N-dealkylation sites (N-methyl/N-ethyl adjacent to an activating group) is 1. The maximum absolute atomic E-state index is 13.6. The Morgan fingerprint density at radius 1 is 0.414 bits per heavy atom. The molecule has 0 aromatic heterocycles. The van der Waals surface area contributed by atoms with Gasteiger partial charge in [0.2, 0.25) is 5.91 Å². The summed E-state index contributed by atoms with van der Waals surface area (Å²) in [6.45, 7) is 6.59. The number of amides is 1. The Morgan fingerprint density at radius 3 is 1.10 bits per heavy atom. The van der Waals surface area contributed by atoms with Gasteiger partial charge in [0.05, 0.1) is 33.8 Å². The van der Waals surface area contributed by atoms with E-state index in [1.54, 1.807) is 0 Å². The molecule has 0 bridgehead atoms. The highest BCUT2D eigenvalue weighted by atomic mass is 31.2. The normalized spacial score (nSPS) is 14.4. The molecule has 0 aliphatic carbocycles. The molecule has 0 saturated carbocycles. The maximum Gasteiger partial charge on any atom is 0.306 e. The molecule has 0 rings (SSSR count). The number of carbonyl (C=O) groups excluding carboxylic acids is 2. The summed E-state index contributed by atoms with van der Waals surface area (Å²) in [6.07, 6.45) is 93.9. The van der Waals surface area contributed by atoms with Gasteiger partial charge in [0.25, 0.3) is 7.82 Å². The van der Waals surface area contributed by atoms with E-state index in [1.807, 2.05) is 33.3 Å². The second-order valence-electron chi connectivity index (χ2n) is 24.3. The first kappa shape index (κ1) is 82.9. The van der Waals surface area contributed by atoms with Crippen molar-refractivity contribution >= 4 is 19.7 Å². The molecule has 0 saturated heterocycles. The van der Waals surface area contributed by atoms with Crippen LogP contribution >= 0.6 is 7.82 Å². The molecule has 1 amide bonds. The number of quaternary nitrogens is 1. The van der Waals surface area contributed by atoms with Gasteiger partial charge in [0.1, 0.15) is 19.3 Å². The van der Waals surface area contributed by atoms with Crippen LogP contribution in [-0.2, 0) is 27.9 Å². The first-order valence-corrected chi connectivity index (χ1v) is 36.6. The number of ether oxygens (including phenoxy) is 1. The quantitative estimate of drug-likeness (QED) is 0.0212. The highest BCUT2D eigenvalue weighted by molar-refractivity contribution is 7.45. The topological polar surface area (TPSA) is 114 Å². The van der Waals surface area contributed by atoms with Crippen molar-refractivity contribution in [2.75, 3.05) is 40.9 Å². The summed E-state index contributed by atoms with van der Waals surface area (Å²) in [6, 6.07) is -0.910. The summed E-state index contributed by atoms with van der Waals surface area (Å²) >= 11 is 0. The fourth-order valence-corrected chi connectivity index (χ4v) is 10.2. The van der Waals surface area contributed by atoms with Gasteiger partial charge in [-0.1, -0.05) is 283 Å². The van der Waals surface area contributed by atoms with E-state index in [1.165, 1.54) is 77.0 Å². The molecule has 0 aliphatic heterocycles. The highest BCUT2D eigenvalue weighted by Gasteiger charge is 2.27. The number of unbranched alkanes of at least 4 members (excludes halogenated alkanes) is 24. The lowest BCUT2D eigenvalue weighted by Gasteiger charge is -2.30. The van der Waals surface area contributed by atoms with E-state index in [9.17, 15) is 19.0 Å². The van der Waals surface area contributed by atoms with Crippen LogP contribution in [0.5, 0.6) is 0 Å². The van der Waals surface area contributed by atoms with Crippen LogP contribution in [0.1, 0.15) is 278 Å². The summed E-state index contributed by atoms with van der Waals surface area (Å²) in [5.41, 5.74) is 0. The zero-order chi connectivity index (χ0) is 63.5. The largest absolute Gasteiger partial charge is 0.756 e. The van der Waals surface area contributed by atoms with E-state index >= 15 is 0 Å². The van der Waals surface area contributed by atoms with Crippen LogP contribution in [0.25, 0.3) is 0 Å². The molecule has 0 radical (unpaired) electrons. The molecule has 0 aromatic rings. The smallest absolute Gasteiger partial charge is 0.306 e. The minimum absolute atomic E-state index is 0.0341. The lowest BCUT2D eigenvalue weighted by Crippen LogP contribution is -2.47. The van der Waals surface area contributed by atoms with E-state index in [-0.39, 0.29) is 24.9 Å². The number of phosphoric acid groups is 1. The molecular weight excluding hydrogens is 1100 g/mol. The number of hydrogen-bond donors (Lipinski definition) is 1. The summed E-state index contributed by atoms with van der Waals surface area (Å²) in [5, 5.41) is 3.03. The van der Waals surface area contributed by atoms with Crippen LogP contribution in [0, 0.1) is 0 Å². The van der Waals surface area contributed by atoms with Crippen molar-refractivity contribution in [3.05, 3.63) is 146 Å². The van der Waals surface area contributed by atoms with Crippen LogP contribution in [-0.4, -0.2) is 69.4 Å². The number of hydrogen-bond acceptors (Lipinski definition) is 7. The fourth-order valence-electron chi connectivity index (χ4n) is 9.43. The molecule has 496 valence electrons. The standard InChI is InChI=1S/C77H131N2O7P/c1-7-10-13-16-19-22-25-27-29-31-33-35-37-39-41-43-45-47-49-51-54-57-60-63-66-69-76(80)78-74(73-85-87(82,83)84-72-71-79(4,5)6)75(68-65-62-59-56-53-24-21-18-15-12-9-3)86-77(81)70-67-64-61-58-55-52-50-48-46-44-42-40-38-36-34-32-30-28-26-23-20-17-14-11-8-2/h10-11,13-14,19-20,22-23,27-30,33-36,39-42,46,48,65,68,74-75H,7-9,12,15-18,21,24-26,31-32,37-38,43-45,47,49-64,66-67,69-73H2,1-6H3,(H-,78,80,82,83)/b13-10-,14-11-,22-19-,23-20-,29-27-,30-28-,35-33-,36-34-,41-39-,42-40-,48-46-,68-65+. The van der Waals surface area contributed by atoms with Crippen LogP contribution in [0.3, 0.4) is 0 Å². The number of carbonyl (C=O) groups is 2. The van der Waals surface area contributed by atoms with E-state index in [0.29, 0.717) is 23.9 Å². The SMILES string of the molecule is CC/C=C\C/C=C\C/C=C\C/C=C\C/C=C\C/C=C\CCCCCCCCC(=O)OC(/C=C/CCCCCCCCCCC)C(COP(=O)([O-])OCC[N+](C)(C)C)NC(=O)CCCCCCCCCCC/C=C\C/C=C\C/C=C\C/C=C\C/C=C\CC. The number of nitrogens with zero attached hydrogens (tertiary/aromatic N) is 1. The predicted molar refractivity (Wildman–Crippen MR) is 376 cm³/mol. The molecule has 3 unspecified atom stereocenters. The Balaban J connectivity index is 5.11. The van der Waals surface area contributed by atoms with Gasteiger partial charge >= 0.3 is 5.97 Å². The summed E-state index contributed by atoms with van der Waals surface area (Å²) in [4.78, 5) is 40.2. The fraction of sp³-hybridized carbons (Fsp3) is 0.662. The number of rotatable bonds is 62. The van der Waals surface area contributed by atoms with Crippen molar-refractivity contribution in [3.8, 4) is 0 Å². The van der Waals surface area contributed by atoms with Crippen molar-refractivity contribution in [1.29, 1.82) is 0 Å². The molecule has 1 N–H and O–H groups in total. The number of esters is 1. The third-order valence-electron chi connectivity index (χ3n) is 14.8. The van der Waals surface area contributed by atoms with Gasteiger partial charge in [-0.25, -0.2) is 0 Å². The van der Waals surface area contributed by atoms with Gasteiger partial charge in [0, 0.05) is 12.8 Å². The summed E-state index contributed by atoms with van der Waals surface area (Å²) < 4.78 is 30.4. The minimum atomic E-state index is -4.72. The lowest BCUT2D eigenvalue weighted by atomic mass is 10.0. The molecule has 0 aliphatic rings. The van der Waals surface area contributed by atoms with Gasteiger partial charge in [-0.15, -0.1) is 0 Å². The van der Waals surface area contributed by atoms with Crippen LogP contribution in [0.2, 0.25) is 0 Å². The Bertz CT molecular complexity index is 2000. The number of allylic oxidation sites excluding steroid dienone is 23. The zero-order valence-corrected chi connectivity index (χ0v) is 57.6. The molecule has 10 heteroatoms. The van der Waals surface area contributed by atoms with Gasteiger partial charge in [-0.3, -0.25) is 14.2 Å². The molecule has 0 heterocycles. The monoisotopic (exact) mass is 1230 g/mol. The molecular formula is C77H131N2O7P. The Kier molecular flexibility index (Phi) is 61.8. The lowest BCUT2D eigenvalue weighted by molar-refractivity contribution is -0.870. The Labute approximate surface area is 536 Å². The van der Waals surface area contributed by atoms with Gasteiger partial charge in [0.15, 0.2) is 0 Å². The van der Waals surface area contributed by atoms with Crippen molar-refractivity contribution in [3.63, 3.8) is 0 Å². The zero-order valence-electron chi connectivity index (χ0n) is 56.7. The average Bonchev–Trinajstić information content (AvgIpc) is 3.70. The van der Waals surface area contributed by atoms with Gasteiger partial charge in [-0.2, -0.15) is 0 Å². The second kappa shape index (κ2) is 64.9. The third kappa shape index (κ3) is 66.1. The molecule has 0 spiro atoms. The average molecular weight is 1230 g/mol. The second-order valence-corrected chi connectivity index (χ2v) is 25.7. The predicted octanol–water partition coefficient (Wildman–Crippen LogP) is 21.9. The Morgan fingerprint density at radius 2 is 0.736 bits per heavy atom. The van der Waals surface area contributed by atoms with E-state index < -0.39 is 26.6 Å². The van der Waals surface area contributed by atoms with Crippen LogP contribution in [0.15, 0.2) is 146 Å². The van der Waals surface area contributed by atoms with Crippen LogP contribution < -0.4 is 10.2 Å². The molecule has 0 fully saturated rings. The molecule has 9 nitrogen and oxygen atoms in total. The molecule has 87 heavy (non-hydrogen) atoms. The van der Waals surface area contributed by atoms with Crippen molar-refractivity contribution in [1.82, 2.24) is 5.32 Å². The van der Waals surface area contributed by atoms with E-state index in [0.717, 1.165) is 161 Å². The highest BCUT2D eigenvalue weighted by Crippen LogP contribution is 2.38. The maximum atomic E-state index is 13.6. The van der Waals surface area contributed by atoms with Gasteiger partial charge < -0.3 is 28.5 Å². The summed E-state index contributed by atoms with van der Waals surface area (Å²) in [7, 11) is 1.15. The van der Waals surface area contributed by atoms with Crippen molar-refractivity contribution < 1.29 is 37.3 Å². The van der Waals surface area contributed by atoms with Crippen LogP contribution in [0.4, 0.5) is 0 Å². The third-order valence-corrected chi connectivity index (χ3v) is 15.7. The number of phosphoric ester groups is 1. The molecule has 0 aromatic carbocycles. The van der Waals surface area contributed by atoms with E-state index in [4.69, 9.17) is 13.8 Å². The van der Waals surface area contributed by atoms with Gasteiger partial charge in [-0.05, 0) is 128 Å². The summed E-state index contributed by atoms with van der Waals surface area (Å²) in [5.74, 6) is -0.573.